The van der Waals surface area contributed by atoms with Gasteiger partial charge in [-0.3, -0.25) is 18.7 Å². The van der Waals surface area contributed by atoms with E-state index in [0.717, 1.165) is 21.6 Å². The van der Waals surface area contributed by atoms with Crippen LogP contribution >= 0.6 is 22.9 Å². The molecule has 0 saturated carbocycles. The molecule has 6 nitrogen and oxygen atoms in total. The second-order valence-corrected chi connectivity index (χ2v) is 10.0. The highest BCUT2D eigenvalue weighted by atomic mass is 35.5. The van der Waals surface area contributed by atoms with E-state index in [1.165, 1.54) is 15.9 Å². The number of halogens is 1. The zero-order valence-electron chi connectivity index (χ0n) is 18.8. The number of rotatable bonds is 5. The Bertz CT molecular complexity index is 1500. The molecule has 0 aliphatic carbocycles. The molecule has 0 saturated heterocycles. The predicted molar refractivity (Wildman–Crippen MR) is 136 cm³/mol. The molecule has 1 amide bonds. The fraction of sp³-hybridized carbons (Fsp3) is 0.269. The molecule has 0 bridgehead atoms. The molecule has 0 fully saturated rings. The Labute approximate surface area is 205 Å². The molecule has 0 radical (unpaired) electrons. The Morgan fingerprint density at radius 3 is 2.50 bits per heavy atom. The van der Waals surface area contributed by atoms with Crippen molar-refractivity contribution in [3.63, 3.8) is 0 Å². The van der Waals surface area contributed by atoms with Crippen LogP contribution in [0.2, 0.25) is 5.02 Å². The summed E-state index contributed by atoms with van der Waals surface area (Å²) in [4.78, 5) is 42.7. The summed E-state index contributed by atoms with van der Waals surface area (Å²) >= 11 is 7.86. The van der Waals surface area contributed by atoms with Gasteiger partial charge in [-0.05, 0) is 35.6 Å². The molecule has 2 aromatic heterocycles. The smallest absolute Gasteiger partial charge is 0.332 e. The van der Waals surface area contributed by atoms with Crippen LogP contribution in [0.3, 0.4) is 0 Å². The van der Waals surface area contributed by atoms with Crippen LogP contribution in [-0.2, 0) is 37.3 Å². The van der Waals surface area contributed by atoms with Crippen LogP contribution in [0.25, 0.3) is 10.2 Å². The summed E-state index contributed by atoms with van der Waals surface area (Å²) in [5.74, 6) is 0.0110. The monoisotopic (exact) mass is 493 g/mol. The van der Waals surface area contributed by atoms with Crippen LogP contribution in [0.1, 0.15) is 28.5 Å². The van der Waals surface area contributed by atoms with Crippen molar-refractivity contribution in [3.8, 4) is 0 Å². The highest BCUT2D eigenvalue weighted by Gasteiger charge is 2.27. The number of thiophene rings is 1. The molecule has 8 heteroatoms. The maximum Gasteiger partial charge on any atom is 0.332 e. The van der Waals surface area contributed by atoms with E-state index in [1.54, 1.807) is 22.5 Å². The van der Waals surface area contributed by atoms with E-state index in [4.69, 9.17) is 11.6 Å². The second-order valence-electron chi connectivity index (χ2n) is 8.53. The molecule has 4 aromatic rings. The Morgan fingerprint density at radius 2 is 1.76 bits per heavy atom. The van der Waals surface area contributed by atoms with E-state index < -0.39 is 0 Å². The minimum atomic E-state index is -0.338. The van der Waals surface area contributed by atoms with Crippen LogP contribution in [0.4, 0.5) is 0 Å². The Hall–Kier alpha value is -3.16. The van der Waals surface area contributed by atoms with Crippen molar-refractivity contribution in [1.29, 1.82) is 0 Å². The largest absolute Gasteiger partial charge is 0.337 e. The summed E-state index contributed by atoms with van der Waals surface area (Å²) in [6.45, 7) is 3.16. The highest BCUT2D eigenvalue weighted by Crippen LogP contribution is 2.33. The van der Waals surface area contributed by atoms with Gasteiger partial charge in [0.25, 0.3) is 5.56 Å². The molecule has 2 aromatic carbocycles. The van der Waals surface area contributed by atoms with Crippen LogP contribution in [0.15, 0.2) is 64.2 Å². The van der Waals surface area contributed by atoms with Crippen molar-refractivity contribution in [1.82, 2.24) is 14.0 Å². The first-order chi connectivity index (χ1) is 16.4. The predicted octanol–water partition coefficient (Wildman–Crippen LogP) is 4.07. The number of hydrogen-bond donors (Lipinski definition) is 0. The lowest BCUT2D eigenvalue weighted by Gasteiger charge is -2.25. The number of aromatic nitrogens is 2. The molecule has 3 heterocycles. The lowest BCUT2D eigenvalue weighted by molar-refractivity contribution is -0.129. The van der Waals surface area contributed by atoms with E-state index in [0.29, 0.717) is 47.7 Å². The minimum Gasteiger partial charge on any atom is -0.337 e. The molecule has 34 heavy (non-hydrogen) atoms. The highest BCUT2D eigenvalue weighted by molar-refractivity contribution is 7.18. The van der Waals surface area contributed by atoms with Crippen LogP contribution in [0, 0.1) is 0 Å². The van der Waals surface area contributed by atoms with Crippen LogP contribution < -0.4 is 11.2 Å². The van der Waals surface area contributed by atoms with Crippen molar-refractivity contribution in [2.45, 2.75) is 39.4 Å². The Kier molecular flexibility index (Phi) is 6.15. The fourth-order valence-corrected chi connectivity index (χ4v) is 6.08. The molecular formula is C26H24ClN3O3S. The quantitative estimate of drug-likeness (QED) is 0.421. The van der Waals surface area contributed by atoms with Gasteiger partial charge in [-0.15, -0.1) is 11.3 Å². The van der Waals surface area contributed by atoms with E-state index in [9.17, 15) is 14.4 Å². The lowest BCUT2D eigenvalue weighted by atomic mass is 10.1. The third-order valence-electron chi connectivity index (χ3n) is 6.40. The SMILES string of the molecule is CC(=O)N1CCc2c(sc3c2c(=O)n(CCc2ccccc2)c(=O)n3Cc2ccccc2Cl)C1. The van der Waals surface area contributed by atoms with Gasteiger partial charge in [-0.1, -0.05) is 60.1 Å². The number of carbonyl (C=O) groups is 1. The first-order valence-corrected chi connectivity index (χ1v) is 12.4. The Morgan fingerprint density at radius 1 is 1.03 bits per heavy atom. The molecule has 0 unspecified atom stereocenters. The summed E-state index contributed by atoms with van der Waals surface area (Å²) in [5.41, 5.74) is 2.26. The number of carbonyl (C=O) groups excluding carboxylic acids is 1. The summed E-state index contributed by atoms with van der Waals surface area (Å²) in [5, 5.41) is 1.18. The Balaban J connectivity index is 1.67. The van der Waals surface area contributed by atoms with E-state index >= 15 is 0 Å². The molecule has 1 aliphatic heterocycles. The minimum absolute atomic E-state index is 0.0110. The lowest BCUT2D eigenvalue weighted by Crippen LogP contribution is -2.41. The maximum absolute atomic E-state index is 13.7. The van der Waals surface area contributed by atoms with Crippen molar-refractivity contribution in [2.75, 3.05) is 6.54 Å². The number of aryl methyl sites for hydroxylation is 1. The van der Waals surface area contributed by atoms with Gasteiger partial charge in [0.15, 0.2) is 0 Å². The fourth-order valence-electron chi connectivity index (χ4n) is 4.54. The van der Waals surface area contributed by atoms with E-state index in [-0.39, 0.29) is 23.7 Å². The number of fused-ring (bicyclic) bond motifs is 3. The second kappa shape index (κ2) is 9.24. The molecule has 0 atom stereocenters. The number of nitrogens with zero attached hydrogens (tertiary/aromatic N) is 3. The van der Waals surface area contributed by atoms with Crippen LogP contribution in [-0.4, -0.2) is 26.5 Å². The van der Waals surface area contributed by atoms with Gasteiger partial charge in [0, 0.05) is 29.9 Å². The van der Waals surface area contributed by atoms with Gasteiger partial charge in [0.05, 0.1) is 18.5 Å². The molecule has 174 valence electrons. The zero-order chi connectivity index (χ0) is 23.8. The maximum atomic E-state index is 13.7. The zero-order valence-corrected chi connectivity index (χ0v) is 20.4. The van der Waals surface area contributed by atoms with Crippen molar-refractivity contribution < 1.29 is 4.79 Å². The first-order valence-electron chi connectivity index (χ1n) is 11.2. The molecule has 0 N–H and O–H groups in total. The standard InChI is InChI=1S/C26H24ClN3O3S/c1-17(31)28-13-12-20-22(16-28)34-25-23(20)24(32)29(14-11-18-7-3-2-4-8-18)26(33)30(25)15-19-9-5-6-10-21(19)27/h2-10H,11-16H2,1H3. The average molecular weight is 494 g/mol. The van der Waals surface area contributed by atoms with E-state index in [1.807, 2.05) is 48.5 Å². The summed E-state index contributed by atoms with van der Waals surface area (Å²) < 4.78 is 3.03. The number of hydrogen-bond acceptors (Lipinski definition) is 4. The summed E-state index contributed by atoms with van der Waals surface area (Å²) in [7, 11) is 0. The van der Waals surface area contributed by atoms with Gasteiger partial charge in [-0.25, -0.2) is 4.79 Å². The van der Waals surface area contributed by atoms with Crippen LogP contribution in [0.5, 0.6) is 0 Å². The summed E-state index contributed by atoms with van der Waals surface area (Å²) in [6, 6.07) is 17.3. The van der Waals surface area contributed by atoms with E-state index in [2.05, 4.69) is 0 Å². The third-order valence-corrected chi connectivity index (χ3v) is 8.01. The van der Waals surface area contributed by atoms with Crippen molar-refractivity contribution in [2.24, 2.45) is 0 Å². The van der Waals surface area contributed by atoms with Gasteiger partial charge < -0.3 is 4.90 Å². The van der Waals surface area contributed by atoms with Gasteiger partial charge >= 0.3 is 5.69 Å². The molecule has 1 aliphatic rings. The third kappa shape index (κ3) is 4.10. The molecule has 5 rings (SSSR count). The molecular weight excluding hydrogens is 470 g/mol. The number of benzene rings is 2. The molecule has 0 spiro atoms. The average Bonchev–Trinajstić information content (AvgIpc) is 3.22. The summed E-state index contributed by atoms with van der Waals surface area (Å²) in [6.07, 6.45) is 1.19. The van der Waals surface area contributed by atoms with Crippen molar-refractivity contribution in [3.05, 3.63) is 102 Å². The van der Waals surface area contributed by atoms with Gasteiger partial charge in [0.2, 0.25) is 5.91 Å². The topological polar surface area (TPSA) is 64.3 Å². The van der Waals surface area contributed by atoms with Gasteiger partial charge in [-0.2, -0.15) is 0 Å². The van der Waals surface area contributed by atoms with Crippen molar-refractivity contribution >= 4 is 39.1 Å². The van der Waals surface area contributed by atoms with Gasteiger partial charge in [0.1, 0.15) is 4.83 Å². The number of amides is 1. The first kappa shape index (κ1) is 22.6. The normalized spacial score (nSPS) is 13.3.